The molecule has 0 bridgehead atoms. The molecule has 0 saturated carbocycles. The Morgan fingerprint density at radius 3 is 2.33 bits per heavy atom. The number of amides is 1. The molecule has 2 heterocycles. The average molecular weight is 314 g/mol. The van der Waals surface area contributed by atoms with Crippen LogP contribution in [0, 0.1) is 0 Å². The normalized spacial score (nSPS) is 10.7. The van der Waals surface area contributed by atoms with Gasteiger partial charge in [0.05, 0.1) is 11.9 Å². The van der Waals surface area contributed by atoms with Crippen LogP contribution in [0.1, 0.15) is 10.4 Å². The van der Waals surface area contributed by atoms with Crippen molar-refractivity contribution in [1.29, 1.82) is 0 Å². The van der Waals surface area contributed by atoms with Crippen LogP contribution in [0.2, 0.25) is 0 Å². The molecule has 0 aliphatic carbocycles. The number of fused-ring (bicyclic) bond motifs is 1. The summed E-state index contributed by atoms with van der Waals surface area (Å²) in [5.74, 6) is 0.348. The maximum Gasteiger partial charge on any atom is 0.256 e. The third kappa shape index (κ3) is 2.63. The molecule has 0 aliphatic heterocycles. The van der Waals surface area contributed by atoms with E-state index in [4.69, 9.17) is 0 Å². The van der Waals surface area contributed by atoms with Gasteiger partial charge >= 0.3 is 0 Å². The summed E-state index contributed by atoms with van der Waals surface area (Å²) in [4.78, 5) is 16.6. The van der Waals surface area contributed by atoms with Gasteiger partial charge in [-0.15, -0.1) is 0 Å². The smallest absolute Gasteiger partial charge is 0.256 e. The number of hydrogen-bond donors (Lipinski definition) is 1. The number of hydrogen-bond acceptors (Lipinski definition) is 3. The summed E-state index contributed by atoms with van der Waals surface area (Å²) in [6, 6.07) is 22.7. The van der Waals surface area contributed by atoms with Gasteiger partial charge in [-0.3, -0.25) is 4.79 Å². The fraction of sp³-hybridized carbons (Fsp3) is 0. The molecule has 5 heteroatoms. The van der Waals surface area contributed by atoms with E-state index in [1.807, 2.05) is 60.7 Å². The lowest BCUT2D eigenvalue weighted by Gasteiger charge is -2.06. The Labute approximate surface area is 138 Å². The molecule has 0 aliphatic rings. The van der Waals surface area contributed by atoms with Crippen LogP contribution in [-0.2, 0) is 0 Å². The van der Waals surface area contributed by atoms with Crippen molar-refractivity contribution in [2.24, 2.45) is 0 Å². The van der Waals surface area contributed by atoms with E-state index in [2.05, 4.69) is 15.4 Å². The molecule has 0 spiro atoms. The van der Waals surface area contributed by atoms with Gasteiger partial charge in [-0.2, -0.15) is 9.61 Å². The van der Waals surface area contributed by atoms with Crippen LogP contribution in [0.3, 0.4) is 0 Å². The number of nitrogens with zero attached hydrogens (tertiary/aromatic N) is 3. The highest BCUT2D eigenvalue weighted by molar-refractivity contribution is 6.03. The minimum atomic E-state index is -0.190. The van der Waals surface area contributed by atoms with Gasteiger partial charge in [0.2, 0.25) is 0 Å². The van der Waals surface area contributed by atoms with Crippen LogP contribution in [0.15, 0.2) is 79.0 Å². The lowest BCUT2D eigenvalue weighted by Crippen LogP contribution is -2.13. The monoisotopic (exact) mass is 314 g/mol. The number of nitrogens with one attached hydrogen (secondary N) is 1. The second kappa shape index (κ2) is 5.96. The third-order valence-electron chi connectivity index (χ3n) is 3.71. The molecule has 1 N–H and O–H groups in total. The Morgan fingerprint density at radius 2 is 1.58 bits per heavy atom. The molecule has 1 amide bonds. The van der Waals surface area contributed by atoms with Gasteiger partial charge < -0.3 is 5.32 Å². The lowest BCUT2D eigenvalue weighted by atomic mass is 10.1. The zero-order valence-corrected chi connectivity index (χ0v) is 12.8. The highest BCUT2D eigenvalue weighted by Crippen LogP contribution is 2.19. The van der Waals surface area contributed by atoms with Gasteiger partial charge in [0.15, 0.2) is 11.5 Å². The van der Waals surface area contributed by atoms with Crippen molar-refractivity contribution in [2.75, 3.05) is 5.32 Å². The summed E-state index contributed by atoms with van der Waals surface area (Å²) in [5, 5.41) is 7.45. The molecule has 4 rings (SSSR count). The Kier molecular flexibility index (Phi) is 3.51. The van der Waals surface area contributed by atoms with Gasteiger partial charge in [0.25, 0.3) is 5.91 Å². The Bertz CT molecular complexity index is 994. The number of aromatic nitrogens is 3. The second-order valence-electron chi connectivity index (χ2n) is 5.32. The predicted molar refractivity (Wildman–Crippen MR) is 92.8 cm³/mol. The first-order valence-electron chi connectivity index (χ1n) is 7.58. The molecule has 4 aromatic rings. The molecule has 0 unspecified atom stereocenters. The average Bonchev–Trinajstić information content (AvgIpc) is 3.05. The SMILES string of the molecule is O=C(Nc1cnc2ccc(-c3ccccc3)nn12)c1ccccc1. The zero-order valence-electron chi connectivity index (χ0n) is 12.8. The standard InChI is InChI=1S/C19H14N4O/c24-19(15-9-5-2-6-10-15)21-18-13-20-17-12-11-16(22-23(17)18)14-7-3-1-4-8-14/h1-13H,(H,21,24). The molecule has 5 nitrogen and oxygen atoms in total. The van der Waals surface area contributed by atoms with Crippen molar-refractivity contribution in [3.8, 4) is 11.3 Å². The quantitative estimate of drug-likeness (QED) is 0.628. The summed E-state index contributed by atoms with van der Waals surface area (Å²) in [7, 11) is 0. The molecular formula is C19H14N4O. The van der Waals surface area contributed by atoms with Crippen LogP contribution < -0.4 is 5.32 Å². The number of carbonyl (C=O) groups is 1. The van der Waals surface area contributed by atoms with Crippen LogP contribution in [0.4, 0.5) is 5.82 Å². The fourth-order valence-electron chi connectivity index (χ4n) is 2.50. The van der Waals surface area contributed by atoms with E-state index < -0.39 is 0 Å². The highest BCUT2D eigenvalue weighted by Gasteiger charge is 2.11. The van der Waals surface area contributed by atoms with Crippen LogP contribution in [0.5, 0.6) is 0 Å². The molecule has 0 saturated heterocycles. The molecule has 0 radical (unpaired) electrons. The first-order valence-corrected chi connectivity index (χ1v) is 7.58. The van der Waals surface area contributed by atoms with E-state index in [1.165, 1.54) is 0 Å². The predicted octanol–water partition coefficient (Wildman–Crippen LogP) is 3.65. The summed E-state index contributed by atoms with van der Waals surface area (Å²) in [6.07, 6.45) is 1.61. The highest BCUT2D eigenvalue weighted by atomic mass is 16.1. The van der Waals surface area contributed by atoms with Crippen LogP contribution in [0.25, 0.3) is 16.9 Å². The van der Waals surface area contributed by atoms with Crippen LogP contribution in [-0.4, -0.2) is 20.5 Å². The largest absolute Gasteiger partial charge is 0.305 e. The fourth-order valence-corrected chi connectivity index (χ4v) is 2.50. The summed E-state index contributed by atoms with van der Waals surface area (Å²) < 4.78 is 1.64. The van der Waals surface area contributed by atoms with Crippen molar-refractivity contribution in [3.05, 3.63) is 84.6 Å². The zero-order chi connectivity index (χ0) is 16.4. The van der Waals surface area contributed by atoms with Gasteiger partial charge in [0.1, 0.15) is 0 Å². The Hall–Kier alpha value is -3.47. The molecule has 0 atom stereocenters. The summed E-state index contributed by atoms with van der Waals surface area (Å²) in [6.45, 7) is 0. The number of carbonyl (C=O) groups excluding carboxylic acids is 1. The topological polar surface area (TPSA) is 59.3 Å². The first-order chi connectivity index (χ1) is 11.8. The van der Waals surface area contributed by atoms with E-state index in [9.17, 15) is 4.79 Å². The molecule has 2 aromatic heterocycles. The molecular weight excluding hydrogens is 300 g/mol. The number of benzene rings is 2. The van der Waals surface area contributed by atoms with Crippen molar-refractivity contribution in [3.63, 3.8) is 0 Å². The minimum absolute atomic E-state index is 0.190. The summed E-state index contributed by atoms with van der Waals surface area (Å²) in [5.41, 5.74) is 3.09. The molecule has 116 valence electrons. The number of anilines is 1. The molecule has 24 heavy (non-hydrogen) atoms. The van der Waals surface area contributed by atoms with Gasteiger partial charge in [-0.1, -0.05) is 48.5 Å². The molecule has 2 aromatic carbocycles. The first kappa shape index (κ1) is 14.1. The number of rotatable bonds is 3. The van der Waals surface area contributed by atoms with E-state index in [0.29, 0.717) is 17.0 Å². The van der Waals surface area contributed by atoms with Gasteiger partial charge in [-0.05, 0) is 24.3 Å². The maximum absolute atomic E-state index is 12.3. The second-order valence-corrected chi connectivity index (χ2v) is 5.32. The van der Waals surface area contributed by atoms with Crippen molar-refractivity contribution in [1.82, 2.24) is 14.6 Å². The van der Waals surface area contributed by atoms with E-state index in [1.54, 1.807) is 22.8 Å². The van der Waals surface area contributed by atoms with Crippen LogP contribution >= 0.6 is 0 Å². The van der Waals surface area contributed by atoms with E-state index in [-0.39, 0.29) is 5.91 Å². The van der Waals surface area contributed by atoms with Crippen molar-refractivity contribution < 1.29 is 4.79 Å². The molecule has 0 fully saturated rings. The van der Waals surface area contributed by atoms with E-state index in [0.717, 1.165) is 11.3 Å². The minimum Gasteiger partial charge on any atom is -0.305 e. The third-order valence-corrected chi connectivity index (χ3v) is 3.71. The lowest BCUT2D eigenvalue weighted by molar-refractivity contribution is 0.102. The Morgan fingerprint density at radius 1 is 0.875 bits per heavy atom. The van der Waals surface area contributed by atoms with Gasteiger partial charge in [-0.25, -0.2) is 4.98 Å². The van der Waals surface area contributed by atoms with Crippen molar-refractivity contribution in [2.45, 2.75) is 0 Å². The van der Waals surface area contributed by atoms with E-state index >= 15 is 0 Å². The number of imidazole rings is 1. The van der Waals surface area contributed by atoms with Crippen molar-refractivity contribution >= 4 is 17.4 Å². The van der Waals surface area contributed by atoms with Gasteiger partial charge in [0, 0.05) is 11.1 Å². The Balaban J connectivity index is 1.70. The maximum atomic E-state index is 12.3. The summed E-state index contributed by atoms with van der Waals surface area (Å²) >= 11 is 0.